The summed E-state index contributed by atoms with van der Waals surface area (Å²) in [6.45, 7) is 1.41. The highest BCUT2D eigenvalue weighted by molar-refractivity contribution is 5.83. The van der Waals surface area contributed by atoms with Crippen molar-refractivity contribution in [2.75, 3.05) is 7.11 Å². The molecule has 0 radical (unpaired) electrons. The van der Waals surface area contributed by atoms with E-state index in [9.17, 15) is 9.18 Å². The number of carbonyl (C=O) groups excluding carboxylic acids is 1. The molecule has 2 atom stereocenters. The molecule has 2 unspecified atom stereocenters. The summed E-state index contributed by atoms with van der Waals surface area (Å²) < 4.78 is 16.9. The van der Waals surface area contributed by atoms with Crippen LogP contribution in [0.5, 0.6) is 0 Å². The molecule has 12 heavy (non-hydrogen) atoms. The predicted molar refractivity (Wildman–Crippen MR) is 37.8 cm³/mol. The molecule has 0 amide bonds. The molecule has 0 aliphatic carbocycles. The minimum Gasteiger partial charge on any atom is -0.466 e. The van der Waals surface area contributed by atoms with Crippen LogP contribution in [0.25, 0.3) is 0 Å². The van der Waals surface area contributed by atoms with Crippen molar-refractivity contribution in [3.8, 4) is 6.07 Å². The molecule has 0 rings (SSSR count). The van der Waals surface area contributed by atoms with Crippen molar-refractivity contribution in [3.05, 3.63) is 0 Å². The summed E-state index contributed by atoms with van der Waals surface area (Å²) in [5, 5.41) is 17.5. The molecule has 0 fully saturated rings. The molecule has 5 heteroatoms. The predicted octanol–water partition coefficient (Wildman–Crippen LogP) is 0.162. The number of hydrogen-bond donors (Lipinski definition) is 1. The highest BCUT2D eigenvalue weighted by Crippen LogP contribution is 2.17. The maximum Gasteiger partial charge on any atom is 0.356 e. The van der Waals surface area contributed by atoms with Crippen LogP contribution in [-0.4, -0.2) is 30.0 Å². The van der Waals surface area contributed by atoms with Crippen LogP contribution in [0, 0.1) is 11.3 Å². The van der Waals surface area contributed by atoms with E-state index < -0.39 is 17.7 Å². The van der Waals surface area contributed by atoms with Crippen LogP contribution in [-0.2, 0) is 9.53 Å². The van der Waals surface area contributed by atoms with Crippen molar-refractivity contribution < 1.29 is 19.0 Å². The molecule has 68 valence electrons. The summed E-state index contributed by atoms with van der Waals surface area (Å²) in [5.41, 5.74) is -2.66. The van der Waals surface area contributed by atoms with E-state index in [2.05, 4.69) is 4.74 Å². The summed E-state index contributed by atoms with van der Waals surface area (Å²) in [7, 11) is 0.979. The van der Waals surface area contributed by atoms with Gasteiger partial charge in [0, 0.05) is 0 Å². The summed E-state index contributed by atoms with van der Waals surface area (Å²) in [4.78, 5) is 10.7. The standard InChI is InChI=1S/C7H10FNO3/c1-3-5(8)7(11,4-9)6(10)12-2/h5,11H,3H2,1-2H3. The molecule has 0 aromatic carbocycles. The topological polar surface area (TPSA) is 70.3 Å². The Kier molecular flexibility index (Phi) is 3.64. The first kappa shape index (κ1) is 10.8. The van der Waals surface area contributed by atoms with Crippen molar-refractivity contribution >= 4 is 5.97 Å². The fourth-order valence-corrected chi connectivity index (χ4v) is 0.695. The van der Waals surface area contributed by atoms with Crippen molar-refractivity contribution in [1.29, 1.82) is 5.26 Å². The Balaban J connectivity index is 4.70. The minimum atomic E-state index is -2.66. The number of nitriles is 1. The zero-order chi connectivity index (χ0) is 9.78. The lowest BCUT2D eigenvalue weighted by molar-refractivity contribution is -0.162. The van der Waals surface area contributed by atoms with Crippen LogP contribution in [0.2, 0.25) is 0 Å². The van der Waals surface area contributed by atoms with Crippen LogP contribution < -0.4 is 0 Å². The number of aliphatic hydroxyl groups is 1. The normalized spacial score (nSPS) is 17.2. The van der Waals surface area contributed by atoms with Crippen molar-refractivity contribution in [2.24, 2.45) is 0 Å². The third-order valence-corrected chi connectivity index (χ3v) is 1.48. The van der Waals surface area contributed by atoms with E-state index in [-0.39, 0.29) is 6.42 Å². The summed E-state index contributed by atoms with van der Waals surface area (Å²) >= 11 is 0. The van der Waals surface area contributed by atoms with Gasteiger partial charge in [-0.3, -0.25) is 0 Å². The second kappa shape index (κ2) is 4.02. The van der Waals surface area contributed by atoms with Gasteiger partial charge in [-0.25, -0.2) is 9.18 Å². The number of rotatable bonds is 3. The third-order valence-electron chi connectivity index (χ3n) is 1.48. The fraction of sp³-hybridized carbons (Fsp3) is 0.714. The Hall–Kier alpha value is -1.15. The molecular weight excluding hydrogens is 165 g/mol. The van der Waals surface area contributed by atoms with Gasteiger partial charge in [-0.05, 0) is 6.42 Å². The van der Waals surface area contributed by atoms with Gasteiger partial charge >= 0.3 is 5.97 Å². The zero-order valence-electron chi connectivity index (χ0n) is 6.87. The number of ether oxygens (including phenoxy) is 1. The van der Waals surface area contributed by atoms with Crippen LogP contribution in [0.15, 0.2) is 0 Å². The van der Waals surface area contributed by atoms with Crippen LogP contribution in [0.1, 0.15) is 13.3 Å². The van der Waals surface area contributed by atoms with Crippen molar-refractivity contribution in [2.45, 2.75) is 25.1 Å². The molecular formula is C7H10FNO3. The highest BCUT2D eigenvalue weighted by atomic mass is 19.1. The number of methoxy groups -OCH3 is 1. The number of hydrogen-bond acceptors (Lipinski definition) is 4. The van der Waals surface area contributed by atoms with Crippen molar-refractivity contribution in [1.82, 2.24) is 0 Å². The van der Waals surface area contributed by atoms with Gasteiger partial charge in [0.15, 0.2) is 6.17 Å². The lowest BCUT2D eigenvalue weighted by Gasteiger charge is -2.19. The fourth-order valence-electron chi connectivity index (χ4n) is 0.695. The van der Waals surface area contributed by atoms with Gasteiger partial charge in [-0.2, -0.15) is 5.26 Å². The Bertz CT molecular complexity index is 213. The summed E-state index contributed by atoms with van der Waals surface area (Å²) in [6, 6.07) is 1.19. The molecule has 0 aliphatic heterocycles. The second-order valence-electron chi connectivity index (χ2n) is 2.25. The molecule has 0 bridgehead atoms. The van der Waals surface area contributed by atoms with Gasteiger partial charge in [0.25, 0.3) is 5.60 Å². The average Bonchev–Trinajstić information content (AvgIpc) is 2.13. The van der Waals surface area contributed by atoms with Crippen LogP contribution in [0.4, 0.5) is 4.39 Å². The average molecular weight is 175 g/mol. The molecule has 0 saturated carbocycles. The highest BCUT2D eigenvalue weighted by Gasteiger charge is 2.45. The maximum atomic E-state index is 12.8. The van der Waals surface area contributed by atoms with Gasteiger partial charge < -0.3 is 9.84 Å². The van der Waals surface area contributed by atoms with Gasteiger partial charge in [-0.15, -0.1) is 0 Å². The van der Waals surface area contributed by atoms with E-state index in [1.807, 2.05) is 0 Å². The number of carbonyl (C=O) groups is 1. The summed E-state index contributed by atoms with van der Waals surface area (Å²) in [5.74, 6) is -1.26. The van der Waals surface area contributed by atoms with Gasteiger partial charge in [0.05, 0.1) is 7.11 Å². The van der Waals surface area contributed by atoms with Gasteiger partial charge in [0.2, 0.25) is 0 Å². The number of alkyl halides is 1. The lowest BCUT2D eigenvalue weighted by Crippen LogP contribution is -2.46. The number of nitrogens with zero attached hydrogens (tertiary/aromatic N) is 1. The van der Waals surface area contributed by atoms with E-state index >= 15 is 0 Å². The van der Waals surface area contributed by atoms with E-state index in [0.29, 0.717) is 0 Å². The molecule has 0 aliphatic rings. The van der Waals surface area contributed by atoms with E-state index in [1.54, 1.807) is 0 Å². The zero-order valence-corrected chi connectivity index (χ0v) is 6.87. The molecule has 1 N–H and O–H groups in total. The molecule has 4 nitrogen and oxygen atoms in total. The summed E-state index contributed by atoms with van der Waals surface area (Å²) in [6.07, 6.45) is -2.05. The van der Waals surface area contributed by atoms with E-state index in [4.69, 9.17) is 10.4 Å². The van der Waals surface area contributed by atoms with Crippen LogP contribution >= 0.6 is 0 Å². The smallest absolute Gasteiger partial charge is 0.356 e. The number of esters is 1. The Morgan fingerprint density at radius 2 is 2.42 bits per heavy atom. The lowest BCUT2D eigenvalue weighted by atomic mass is 9.98. The Morgan fingerprint density at radius 3 is 2.67 bits per heavy atom. The maximum absolute atomic E-state index is 12.8. The third kappa shape index (κ3) is 1.71. The van der Waals surface area contributed by atoms with Crippen molar-refractivity contribution in [3.63, 3.8) is 0 Å². The van der Waals surface area contributed by atoms with E-state index in [1.165, 1.54) is 13.0 Å². The first-order valence-corrected chi connectivity index (χ1v) is 3.39. The number of halogens is 1. The molecule has 0 heterocycles. The Labute approximate surface area is 69.6 Å². The first-order chi connectivity index (χ1) is 5.52. The molecule has 0 aromatic heterocycles. The van der Waals surface area contributed by atoms with E-state index in [0.717, 1.165) is 7.11 Å². The largest absolute Gasteiger partial charge is 0.466 e. The Morgan fingerprint density at radius 1 is 1.92 bits per heavy atom. The van der Waals surface area contributed by atoms with Crippen LogP contribution in [0.3, 0.4) is 0 Å². The molecule has 0 saturated heterocycles. The molecule has 0 spiro atoms. The van der Waals surface area contributed by atoms with Gasteiger partial charge in [-0.1, -0.05) is 6.92 Å². The SMILES string of the molecule is CCC(F)C(O)(C#N)C(=O)OC. The quantitative estimate of drug-likeness (QED) is 0.490. The first-order valence-electron chi connectivity index (χ1n) is 3.39. The van der Waals surface area contributed by atoms with Gasteiger partial charge in [0.1, 0.15) is 6.07 Å². The molecule has 0 aromatic rings. The minimum absolute atomic E-state index is 0.126. The second-order valence-corrected chi connectivity index (χ2v) is 2.25. The monoisotopic (exact) mass is 175 g/mol.